The standard InChI is InChI=1S/C25H24ClF3N6O6S/c1-33(2)42(38,39)35-19(17(23(35)37)25(27,28)29)18-20(40-3)24(41-12-13-8-10-14(11-9-13)21(30)31)34(32-18)22(36)15-6-4-5-7-16(15)26/h4-11,17,19H,12H2,1-3H3,(H3,30,31). The zero-order valence-corrected chi connectivity index (χ0v) is 23.8. The van der Waals surface area contributed by atoms with E-state index in [2.05, 4.69) is 5.10 Å². The van der Waals surface area contributed by atoms with Crippen LogP contribution in [-0.2, 0) is 21.6 Å². The Labute approximate surface area is 243 Å². The summed E-state index contributed by atoms with van der Waals surface area (Å²) >= 11 is 6.19. The second-order valence-corrected chi connectivity index (χ2v) is 11.6. The summed E-state index contributed by atoms with van der Waals surface area (Å²) < 4.78 is 80.4. The van der Waals surface area contributed by atoms with Crippen LogP contribution >= 0.6 is 11.6 Å². The van der Waals surface area contributed by atoms with Gasteiger partial charge in [0.15, 0.2) is 5.92 Å². The number of nitrogens with zero attached hydrogens (tertiary/aromatic N) is 4. The molecule has 0 spiro atoms. The van der Waals surface area contributed by atoms with Crippen molar-refractivity contribution in [3.63, 3.8) is 0 Å². The average molecular weight is 629 g/mol. The summed E-state index contributed by atoms with van der Waals surface area (Å²) in [5.74, 6) is -6.58. The third kappa shape index (κ3) is 5.39. The molecule has 2 unspecified atom stereocenters. The number of amidine groups is 1. The summed E-state index contributed by atoms with van der Waals surface area (Å²) in [5, 5.41) is 11.5. The van der Waals surface area contributed by atoms with E-state index in [1.54, 1.807) is 18.2 Å². The molecule has 0 saturated carbocycles. The summed E-state index contributed by atoms with van der Waals surface area (Å²) in [6.45, 7) is -0.262. The molecule has 17 heteroatoms. The lowest BCUT2D eigenvalue weighted by Gasteiger charge is -2.45. The number of nitrogen functional groups attached to an aromatic ring is 1. The van der Waals surface area contributed by atoms with Crippen LogP contribution in [-0.4, -0.2) is 71.8 Å². The maximum absolute atomic E-state index is 14.1. The van der Waals surface area contributed by atoms with Gasteiger partial charge in [-0.2, -0.15) is 35.7 Å². The van der Waals surface area contributed by atoms with Crippen LogP contribution in [0.5, 0.6) is 11.6 Å². The maximum Gasteiger partial charge on any atom is 0.402 e. The second kappa shape index (κ2) is 11.3. The largest absolute Gasteiger partial charge is 0.490 e. The van der Waals surface area contributed by atoms with Gasteiger partial charge in [0.2, 0.25) is 5.75 Å². The van der Waals surface area contributed by atoms with Crippen LogP contribution in [0.1, 0.15) is 33.2 Å². The smallest absolute Gasteiger partial charge is 0.402 e. The van der Waals surface area contributed by atoms with Gasteiger partial charge in [0.05, 0.1) is 17.7 Å². The van der Waals surface area contributed by atoms with E-state index in [0.717, 1.165) is 21.2 Å². The molecule has 1 saturated heterocycles. The molecule has 42 heavy (non-hydrogen) atoms. The van der Waals surface area contributed by atoms with Crippen molar-refractivity contribution < 1.29 is 40.7 Å². The van der Waals surface area contributed by atoms with Crippen molar-refractivity contribution in [3.8, 4) is 11.6 Å². The van der Waals surface area contributed by atoms with E-state index in [1.807, 2.05) is 0 Å². The van der Waals surface area contributed by atoms with Gasteiger partial charge in [0.1, 0.15) is 24.2 Å². The molecule has 2 heterocycles. The molecule has 2 atom stereocenters. The van der Waals surface area contributed by atoms with Gasteiger partial charge in [-0.05, 0) is 17.7 Å². The van der Waals surface area contributed by atoms with Crippen LogP contribution in [0.4, 0.5) is 13.2 Å². The summed E-state index contributed by atoms with van der Waals surface area (Å²) in [5.41, 5.74) is 5.63. The molecule has 0 bridgehead atoms. The minimum Gasteiger partial charge on any atom is -0.490 e. The Kier molecular flexibility index (Phi) is 8.26. The Morgan fingerprint density at radius 2 is 1.79 bits per heavy atom. The fourth-order valence-electron chi connectivity index (χ4n) is 4.22. The molecule has 4 rings (SSSR count). The monoisotopic (exact) mass is 628 g/mol. The van der Waals surface area contributed by atoms with E-state index in [1.165, 1.54) is 30.3 Å². The number of hydrogen-bond donors (Lipinski definition) is 2. The fraction of sp³-hybridized carbons (Fsp3) is 0.280. The summed E-state index contributed by atoms with van der Waals surface area (Å²) in [6.07, 6.45) is -5.17. The second-order valence-electron chi connectivity index (χ2n) is 9.21. The van der Waals surface area contributed by atoms with Crippen LogP contribution in [0, 0.1) is 11.3 Å². The van der Waals surface area contributed by atoms with Crippen LogP contribution in [0.3, 0.4) is 0 Å². The topological polar surface area (TPSA) is 161 Å². The molecule has 0 aliphatic carbocycles. The Morgan fingerprint density at radius 1 is 1.17 bits per heavy atom. The first-order valence-corrected chi connectivity index (χ1v) is 13.7. The van der Waals surface area contributed by atoms with Crippen LogP contribution < -0.4 is 15.2 Å². The minimum atomic E-state index is -5.17. The number of benzene rings is 2. The molecule has 1 aliphatic heterocycles. The number of carbonyl (C=O) groups is 2. The highest BCUT2D eigenvalue weighted by molar-refractivity contribution is 7.87. The summed E-state index contributed by atoms with van der Waals surface area (Å²) in [6, 6.07) is 9.79. The lowest BCUT2D eigenvalue weighted by molar-refractivity contribution is -0.219. The first-order chi connectivity index (χ1) is 19.6. The first-order valence-electron chi connectivity index (χ1n) is 12.0. The van der Waals surface area contributed by atoms with Crippen molar-refractivity contribution in [2.45, 2.75) is 18.8 Å². The molecule has 2 aromatic carbocycles. The van der Waals surface area contributed by atoms with Gasteiger partial charge in [0.25, 0.3) is 17.7 Å². The van der Waals surface area contributed by atoms with Crippen molar-refractivity contribution >= 4 is 39.5 Å². The molecule has 12 nitrogen and oxygen atoms in total. The normalized spacial score (nSPS) is 17.2. The molecule has 1 amide bonds. The molecule has 1 fully saturated rings. The minimum absolute atomic E-state index is 0.00640. The van der Waals surface area contributed by atoms with Gasteiger partial charge in [-0.3, -0.25) is 15.0 Å². The third-order valence-electron chi connectivity index (χ3n) is 6.36. The van der Waals surface area contributed by atoms with E-state index in [9.17, 15) is 31.2 Å². The molecule has 224 valence electrons. The number of nitrogens with two attached hydrogens (primary N) is 1. The van der Waals surface area contributed by atoms with Crippen molar-refractivity contribution in [3.05, 3.63) is 75.9 Å². The molecule has 3 aromatic rings. The predicted molar refractivity (Wildman–Crippen MR) is 143 cm³/mol. The van der Waals surface area contributed by atoms with Crippen molar-refractivity contribution in [1.82, 2.24) is 18.4 Å². The summed E-state index contributed by atoms with van der Waals surface area (Å²) in [7, 11) is -1.56. The van der Waals surface area contributed by atoms with E-state index < -0.39 is 57.5 Å². The van der Waals surface area contributed by atoms with Gasteiger partial charge in [-0.1, -0.05) is 48.0 Å². The Bertz CT molecular complexity index is 1660. The van der Waals surface area contributed by atoms with Crippen molar-refractivity contribution in [1.29, 1.82) is 5.41 Å². The average Bonchev–Trinajstić information content (AvgIpc) is 3.27. The highest BCUT2D eigenvalue weighted by Crippen LogP contribution is 2.53. The molecule has 3 N–H and O–H groups in total. The Balaban J connectivity index is 1.88. The zero-order chi connectivity index (χ0) is 31.1. The lowest BCUT2D eigenvalue weighted by Crippen LogP contribution is -2.64. The summed E-state index contributed by atoms with van der Waals surface area (Å²) in [4.78, 5) is 26.2. The van der Waals surface area contributed by atoms with E-state index in [4.69, 9.17) is 32.2 Å². The molecule has 1 aliphatic rings. The zero-order valence-electron chi connectivity index (χ0n) is 22.2. The number of ether oxygens (including phenoxy) is 2. The number of carbonyl (C=O) groups excluding carboxylic acids is 2. The van der Waals surface area contributed by atoms with Crippen LogP contribution in [0.25, 0.3) is 0 Å². The van der Waals surface area contributed by atoms with Crippen LogP contribution in [0.2, 0.25) is 5.02 Å². The van der Waals surface area contributed by atoms with Crippen LogP contribution in [0.15, 0.2) is 48.5 Å². The number of rotatable bonds is 9. The Hall–Kier alpha value is -4.15. The van der Waals surface area contributed by atoms with Gasteiger partial charge >= 0.3 is 16.4 Å². The quantitative estimate of drug-likeness (QED) is 0.208. The molecular formula is C25H24ClF3N6O6S. The number of hydrogen-bond acceptors (Lipinski definition) is 8. The number of alkyl halides is 3. The van der Waals surface area contributed by atoms with Gasteiger partial charge < -0.3 is 15.2 Å². The Morgan fingerprint density at radius 3 is 2.31 bits per heavy atom. The van der Waals surface area contributed by atoms with Gasteiger partial charge in [-0.25, -0.2) is 4.31 Å². The lowest BCUT2D eigenvalue weighted by atomic mass is 9.87. The number of nitrogens with one attached hydrogen (secondary N) is 1. The molecule has 1 aromatic heterocycles. The number of amides is 1. The number of β-lactam (4-membered cyclic amide) rings is 1. The van der Waals surface area contributed by atoms with E-state index in [0.29, 0.717) is 20.1 Å². The number of aromatic nitrogens is 2. The number of halogens is 4. The first kappa shape index (κ1) is 30.8. The maximum atomic E-state index is 14.1. The SMILES string of the molecule is COc1c(C2C(C(F)(F)F)C(=O)N2S(=O)(=O)N(C)C)nn(C(=O)c2ccccc2Cl)c1OCc1ccc(C(=N)N)cc1. The third-order valence-corrected chi connectivity index (χ3v) is 8.52. The number of methoxy groups -OCH3 is 1. The van der Waals surface area contributed by atoms with E-state index in [-0.39, 0.29) is 27.3 Å². The highest BCUT2D eigenvalue weighted by Gasteiger charge is 2.67. The molecular weight excluding hydrogens is 605 g/mol. The molecule has 0 radical (unpaired) electrons. The highest BCUT2D eigenvalue weighted by atomic mass is 35.5. The van der Waals surface area contributed by atoms with Gasteiger partial charge in [0, 0.05) is 19.7 Å². The predicted octanol–water partition coefficient (Wildman–Crippen LogP) is 2.96. The van der Waals surface area contributed by atoms with Gasteiger partial charge in [-0.15, -0.1) is 0 Å². The van der Waals surface area contributed by atoms with Crippen molar-refractivity contribution in [2.24, 2.45) is 11.7 Å². The van der Waals surface area contributed by atoms with Crippen molar-refractivity contribution in [2.75, 3.05) is 21.2 Å². The van der Waals surface area contributed by atoms with E-state index >= 15 is 0 Å². The fourth-order valence-corrected chi connectivity index (χ4v) is 5.64.